The molecule has 0 aromatic heterocycles. The van der Waals surface area contributed by atoms with E-state index in [4.69, 9.17) is 10.00 Å². The van der Waals surface area contributed by atoms with Crippen molar-refractivity contribution in [3.8, 4) is 11.2 Å². The summed E-state index contributed by atoms with van der Waals surface area (Å²) >= 11 is 1.32. The van der Waals surface area contributed by atoms with Gasteiger partial charge < -0.3 is 4.74 Å². The van der Waals surface area contributed by atoms with Crippen molar-refractivity contribution in [1.29, 1.82) is 5.26 Å². The van der Waals surface area contributed by atoms with Crippen LogP contribution in [0.2, 0.25) is 0 Å². The van der Waals surface area contributed by atoms with Crippen LogP contribution < -0.4 is 4.74 Å². The van der Waals surface area contributed by atoms with Gasteiger partial charge in [0.1, 0.15) is 11.2 Å². The lowest BCUT2D eigenvalue weighted by molar-refractivity contribution is 0.335. The molecule has 0 spiro atoms. The molecule has 0 bridgehead atoms. The van der Waals surface area contributed by atoms with Crippen LogP contribution in [0.15, 0.2) is 18.2 Å². The summed E-state index contributed by atoms with van der Waals surface area (Å²) in [6.07, 6.45) is 0.964. The molecular weight excluding hydrogens is 230 g/mol. The van der Waals surface area contributed by atoms with Crippen LogP contribution >= 0.6 is 11.8 Å². The van der Waals surface area contributed by atoms with Crippen LogP contribution in [0.25, 0.3) is 0 Å². The van der Waals surface area contributed by atoms with E-state index in [1.807, 2.05) is 13.0 Å². The normalized spacial score (nSPS) is 11.9. The Kier molecular flexibility index (Phi) is 5.93. The van der Waals surface area contributed by atoms with Crippen molar-refractivity contribution in [1.82, 2.24) is 0 Å². The van der Waals surface area contributed by atoms with Gasteiger partial charge in [-0.15, -0.1) is 0 Å². The molecule has 2 nitrogen and oxygen atoms in total. The van der Waals surface area contributed by atoms with Crippen molar-refractivity contribution in [2.75, 3.05) is 12.4 Å². The van der Waals surface area contributed by atoms with E-state index >= 15 is 0 Å². The van der Waals surface area contributed by atoms with Gasteiger partial charge in [-0.3, -0.25) is 0 Å². The van der Waals surface area contributed by atoms with Crippen LogP contribution in [0.5, 0.6) is 5.75 Å². The zero-order valence-corrected chi connectivity index (χ0v) is 11.5. The fraction of sp³-hybridized carbons (Fsp3) is 0.500. The summed E-state index contributed by atoms with van der Waals surface area (Å²) in [5.41, 5.74) is 2.50. The Bertz CT molecular complexity index is 398. The summed E-state index contributed by atoms with van der Waals surface area (Å²) in [5, 5.41) is 10.7. The minimum absolute atomic E-state index is 0.487. The maximum Gasteiger partial charge on any atom is 0.133 e. The van der Waals surface area contributed by atoms with E-state index in [1.54, 1.807) is 0 Å². The molecule has 3 heteroatoms. The van der Waals surface area contributed by atoms with E-state index in [0.29, 0.717) is 12.5 Å². The number of thiocyanates is 1. The smallest absolute Gasteiger partial charge is 0.133 e. The summed E-state index contributed by atoms with van der Waals surface area (Å²) in [6, 6.07) is 6.29. The maximum absolute atomic E-state index is 8.55. The Hall–Kier alpha value is -1.14. The molecule has 0 fully saturated rings. The highest BCUT2D eigenvalue weighted by Crippen LogP contribution is 2.24. The van der Waals surface area contributed by atoms with Crippen LogP contribution in [0.3, 0.4) is 0 Å². The Morgan fingerprint density at radius 1 is 1.47 bits per heavy atom. The number of benzene rings is 1. The number of thioether (sulfide) groups is 1. The molecule has 0 aliphatic carbocycles. The Labute approximate surface area is 108 Å². The Morgan fingerprint density at radius 2 is 2.24 bits per heavy atom. The molecule has 0 radical (unpaired) electrons. The van der Waals surface area contributed by atoms with Gasteiger partial charge >= 0.3 is 0 Å². The summed E-state index contributed by atoms with van der Waals surface area (Å²) < 4.78 is 5.63. The molecule has 0 amide bonds. The standard InChI is InChI=1S/C14H19NOS/c1-4-16-14-6-5-11(2)7-13(14)8-12(3)9-17-10-15/h5-7,12H,4,8-9H2,1-3H3. The second-order valence-corrected chi connectivity index (χ2v) is 5.06. The zero-order chi connectivity index (χ0) is 12.7. The molecule has 1 unspecified atom stereocenters. The van der Waals surface area contributed by atoms with E-state index in [0.717, 1.165) is 17.9 Å². The number of hydrogen-bond acceptors (Lipinski definition) is 3. The van der Waals surface area contributed by atoms with Gasteiger partial charge in [-0.1, -0.05) is 24.6 Å². The third kappa shape index (κ3) is 4.70. The third-order valence-electron chi connectivity index (χ3n) is 2.52. The molecule has 0 saturated carbocycles. The molecule has 92 valence electrons. The van der Waals surface area contributed by atoms with Gasteiger partial charge in [0.05, 0.1) is 6.61 Å². The van der Waals surface area contributed by atoms with Gasteiger partial charge in [0.25, 0.3) is 0 Å². The fourth-order valence-corrected chi connectivity index (χ4v) is 2.25. The van der Waals surface area contributed by atoms with E-state index < -0.39 is 0 Å². The average molecular weight is 249 g/mol. The summed E-state index contributed by atoms with van der Waals surface area (Å²) in [7, 11) is 0. The summed E-state index contributed by atoms with van der Waals surface area (Å²) in [6.45, 7) is 6.95. The molecule has 0 N–H and O–H groups in total. The lowest BCUT2D eigenvalue weighted by Gasteiger charge is -2.14. The first-order chi connectivity index (χ1) is 8.17. The summed E-state index contributed by atoms with van der Waals surface area (Å²) in [5.74, 6) is 2.34. The van der Waals surface area contributed by atoms with Gasteiger partial charge in [-0.2, -0.15) is 5.26 Å². The number of nitrogens with zero attached hydrogens (tertiary/aromatic N) is 1. The first kappa shape index (κ1) is 13.9. The molecule has 0 heterocycles. The van der Waals surface area contributed by atoms with Crippen LogP contribution in [0, 0.1) is 23.5 Å². The predicted molar refractivity (Wildman–Crippen MR) is 73.3 cm³/mol. The van der Waals surface area contributed by atoms with E-state index in [9.17, 15) is 0 Å². The minimum atomic E-state index is 0.487. The minimum Gasteiger partial charge on any atom is -0.494 e. The van der Waals surface area contributed by atoms with Crippen molar-refractivity contribution in [3.63, 3.8) is 0 Å². The number of rotatable bonds is 6. The highest BCUT2D eigenvalue weighted by molar-refractivity contribution is 8.03. The van der Waals surface area contributed by atoms with Crippen molar-refractivity contribution >= 4 is 11.8 Å². The first-order valence-electron chi connectivity index (χ1n) is 5.90. The lowest BCUT2D eigenvalue weighted by atomic mass is 10.0. The molecule has 1 rings (SSSR count). The number of aryl methyl sites for hydroxylation is 1. The largest absolute Gasteiger partial charge is 0.494 e. The quantitative estimate of drug-likeness (QED) is 0.719. The first-order valence-corrected chi connectivity index (χ1v) is 6.89. The SMILES string of the molecule is CCOc1ccc(C)cc1CC(C)CSC#N. The number of ether oxygens (including phenoxy) is 1. The third-order valence-corrected chi connectivity index (χ3v) is 3.38. The molecule has 1 aromatic carbocycles. The van der Waals surface area contributed by atoms with Gasteiger partial charge in [0.2, 0.25) is 0 Å². The topological polar surface area (TPSA) is 33.0 Å². The molecule has 0 saturated heterocycles. The van der Waals surface area contributed by atoms with Gasteiger partial charge in [-0.25, -0.2) is 0 Å². The zero-order valence-electron chi connectivity index (χ0n) is 10.7. The van der Waals surface area contributed by atoms with Crippen molar-refractivity contribution in [2.24, 2.45) is 5.92 Å². The highest BCUT2D eigenvalue weighted by Gasteiger charge is 2.09. The van der Waals surface area contributed by atoms with Gasteiger partial charge in [0, 0.05) is 5.75 Å². The fourth-order valence-electron chi connectivity index (χ4n) is 1.78. The second-order valence-electron chi connectivity index (χ2n) is 4.26. The summed E-state index contributed by atoms with van der Waals surface area (Å²) in [4.78, 5) is 0. The van der Waals surface area contributed by atoms with Crippen molar-refractivity contribution in [2.45, 2.75) is 27.2 Å². The predicted octanol–water partition coefficient (Wildman–Crippen LogP) is 3.79. The Balaban J connectivity index is 2.73. The molecule has 0 aliphatic rings. The van der Waals surface area contributed by atoms with Crippen molar-refractivity contribution < 1.29 is 4.74 Å². The van der Waals surface area contributed by atoms with Gasteiger partial charge in [0.15, 0.2) is 0 Å². The van der Waals surface area contributed by atoms with Crippen LogP contribution in [-0.2, 0) is 6.42 Å². The van der Waals surface area contributed by atoms with Crippen LogP contribution in [-0.4, -0.2) is 12.4 Å². The monoisotopic (exact) mass is 249 g/mol. The molecule has 0 aliphatic heterocycles. The van der Waals surface area contributed by atoms with Crippen molar-refractivity contribution in [3.05, 3.63) is 29.3 Å². The lowest BCUT2D eigenvalue weighted by Crippen LogP contribution is -2.05. The number of nitriles is 1. The van der Waals surface area contributed by atoms with E-state index in [2.05, 4.69) is 31.4 Å². The van der Waals surface area contributed by atoms with Gasteiger partial charge in [-0.05, 0) is 49.6 Å². The second kappa shape index (κ2) is 7.24. The maximum atomic E-state index is 8.55. The Morgan fingerprint density at radius 3 is 2.88 bits per heavy atom. The molecule has 1 aromatic rings. The van der Waals surface area contributed by atoms with E-state index in [-0.39, 0.29) is 0 Å². The number of hydrogen-bond donors (Lipinski definition) is 0. The van der Waals surface area contributed by atoms with Crippen LogP contribution in [0.1, 0.15) is 25.0 Å². The molecule has 17 heavy (non-hydrogen) atoms. The average Bonchev–Trinajstić information content (AvgIpc) is 2.30. The van der Waals surface area contributed by atoms with Crippen LogP contribution in [0.4, 0.5) is 0 Å². The van der Waals surface area contributed by atoms with E-state index in [1.165, 1.54) is 22.9 Å². The molecular formula is C14H19NOS. The molecule has 1 atom stereocenters. The highest BCUT2D eigenvalue weighted by atomic mass is 32.2.